The SMILES string of the molecule is Cc1ccc(C#N)cc1Cc1cc(=O)n2c(C3CC3CO)c(C)sc2n1. The maximum Gasteiger partial charge on any atom is 0.258 e. The molecule has 2 unspecified atom stereocenters. The first-order valence-corrected chi connectivity index (χ1v) is 9.46. The van der Waals surface area contributed by atoms with Gasteiger partial charge in [-0.05, 0) is 49.4 Å². The van der Waals surface area contributed by atoms with Gasteiger partial charge < -0.3 is 5.11 Å². The number of thiazole rings is 1. The molecule has 0 spiro atoms. The van der Waals surface area contributed by atoms with Crippen molar-refractivity contribution >= 4 is 16.3 Å². The van der Waals surface area contributed by atoms with Crippen LogP contribution in [0.15, 0.2) is 29.1 Å². The van der Waals surface area contributed by atoms with E-state index in [1.807, 2.05) is 26.0 Å². The van der Waals surface area contributed by atoms with Gasteiger partial charge in [0, 0.05) is 35.6 Å². The van der Waals surface area contributed by atoms with Gasteiger partial charge in [0.1, 0.15) is 0 Å². The number of nitriles is 1. The second kappa shape index (κ2) is 6.35. The summed E-state index contributed by atoms with van der Waals surface area (Å²) in [6.45, 7) is 4.18. The van der Waals surface area contributed by atoms with Crippen LogP contribution in [-0.4, -0.2) is 21.1 Å². The van der Waals surface area contributed by atoms with Gasteiger partial charge >= 0.3 is 0 Å². The molecule has 1 aliphatic rings. The van der Waals surface area contributed by atoms with Gasteiger partial charge in [0.15, 0.2) is 4.96 Å². The molecule has 0 aliphatic heterocycles. The van der Waals surface area contributed by atoms with Gasteiger partial charge in [-0.3, -0.25) is 9.20 Å². The number of aliphatic hydroxyl groups excluding tert-OH is 1. The summed E-state index contributed by atoms with van der Waals surface area (Å²) in [5.41, 5.74) is 4.36. The summed E-state index contributed by atoms with van der Waals surface area (Å²) in [7, 11) is 0. The van der Waals surface area contributed by atoms with E-state index in [0.717, 1.165) is 33.8 Å². The smallest absolute Gasteiger partial charge is 0.258 e. The van der Waals surface area contributed by atoms with E-state index in [2.05, 4.69) is 6.07 Å². The van der Waals surface area contributed by atoms with Gasteiger partial charge in [0.05, 0.1) is 17.3 Å². The first kappa shape index (κ1) is 17.0. The minimum atomic E-state index is -0.0676. The second-order valence-corrected chi connectivity index (χ2v) is 8.14. The summed E-state index contributed by atoms with van der Waals surface area (Å²) >= 11 is 1.53. The first-order valence-electron chi connectivity index (χ1n) is 8.64. The minimum Gasteiger partial charge on any atom is -0.396 e. The highest BCUT2D eigenvalue weighted by atomic mass is 32.1. The lowest BCUT2D eigenvalue weighted by Crippen LogP contribution is -2.17. The highest BCUT2D eigenvalue weighted by Crippen LogP contribution is 2.49. The molecule has 0 bridgehead atoms. The molecule has 5 nitrogen and oxygen atoms in total. The molecule has 2 heterocycles. The number of nitrogens with zero attached hydrogens (tertiary/aromatic N) is 3. The number of hydrogen-bond donors (Lipinski definition) is 1. The van der Waals surface area contributed by atoms with E-state index in [9.17, 15) is 9.90 Å². The molecule has 1 aromatic carbocycles. The van der Waals surface area contributed by atoms with Crippen LogP contribution >= 0.6 is 11.3 Å². The number of aryl methyl sites for hydroxylation is 2. The van der Waals surface area contributed by atoms with Crippen LogP contribution in [-0.2, 0) is 6.42 Å². The Kier molecular flexibility index (Phi) is 4.14. The topological polar surface area (TPSA) is 78.4 Å². The predicted molar refractivity (Wildman–Crippen MR) is 101 cm³/mol. The van der Waals surface area contributed by atoms with Crippen LogP contribution in [0.1, 0.15) is 45.3 Å². The summed E-state index contributed by atoms with van der Waals surface area (Å²) < 4.78 is 1.71. The molecule has 1 aliphatic carbocycles. The van der Waals surface area contributed by atoms with Crippen molar-refractivity contribution < 1.29 is 5.11 Å². The van der Waals surface area contributed by atoms with E-state index in [-0.39, 0.29) is 24.0 Å². The standard InChI is InChI=1S/C20H19N3O2S/c1-11-3-4-13(9-21)5-14(11)6-16-8-18(25)23-19(17-7-15(17)10-24)12(2)26-20(23)22-16/h3-5,8,15,17,24H,6-7,10H2,1-2H3. The fourth-order valence-corrected chi connectivity index (χ4v) is 4.64. The zero-order chi connectivity index (χ0) is 18.4. The van der Waals surface area contributed by atoms with Crippen molar-refractivity contribution in [1.82, 2.24) is 9.38 Å². The summed E-state index contributed by atoms with van der Waals surface area (Å²) in [4.78, 5) is 19.3. The van der Waals surface area contributed by atoms with Gasteiger partial charge in [-0.25, -0.2) is 4.98 Å². The Morgan fingerprint density at radius 1 is 1.38 bits per heavy atom. The fraction of sp³-hybridized carbons (Fsp3) is 0.350. The second-order valence-electron chi connectivity index (χ2n) is 6.96. The summed E-state index contributed by atoms with van der Waals surface area (Å²) in [6, 6.07) is 9.34. The Bertz CT molecular complexity index is 1110. The van der Waals surface area contributed by atoms with E-state index in [4.69, 9.17) is 10.2 Å². The van der Waals surface area contributed by atoms with Crippen molar-refractivity contribution in [2.24, 2.45) is 5.92 Å². The number of aliphatic hydroxyl groups is 1. The summed E-state index contributed by atoms with van der Waals surface area (Å²) in [6.07, 6.45) is 1.46. The molecule has 2 atom stereocenters. The van der Waals surface area contributed by atoms with Crippen molar-refractivity contribution in [3.8, 4) is 6.07 Å². The molecule has 6 heteroatoms. The summed E-state index contributed by atoms with van der Waals surface area (Å²) in [5.74, 6) is 0.517. The van der Waals surface area contributed by atoms with Gasteiger partial charge in [-0.15, -0.1) is 11.3 Å². The third-order valence-electron chi connectivity index (χ3n) is 5.15. The number of rotatable bonds is 4. The lowest BCUT2D eigenvalue weighted by Gasteiger charge is -2.07. The van der Waals surface area contributed by atoms with E-state index < -0.39 is 0 Å². The average molecular weight is 365 g/mol. The molecule has 4 rings (SSSR count). The molecular weight excluding hydrogens is 346 g/mol. The molecule has 1 saturated carbocycles. The van der Waals surface area contributed by atoms with Crippen molar-refractivity contribution in [2.75, 3.05) is 6.61 Å². The molecule has 2 aromatic heterocycles. The monoisotopic (exact) mass is 365 g/mol. The molecule has 0 radical (unpaired) electrons. The Morgan fingerprint density at radius 2 is 2.19 bits per heavy atom. The Labute approximate surface area is 155 Å². The molecule has 26 heavy (non-hydrogen) atoms. The van der Waals surface area contributed by atoms with Gasteiger partial charge in [-0.1, -0.05) is 6.07 Å². The highest BCUT2D eigenvalue weighted by molar-refractivity contribution is 7.17. The molecular formula is C20H19N3O2S. The largest absolute Gasteiger partial charge is 0.396 e. The number of hydrogen-bond acceptors (Lipinski definition) is 5. The Balaban J connectivity index is 1.75. The third-order valence-corrected chi connectivity index (χ3v) is 6.12. The zero-order valence-corrected chi connectivity index (χ0v) is 15.5. The normalized spacial score (nSPS) is 18.8. The number of fused-ring (bicyclic) bond motifs is 1. The van der Waals surface area contributed by atoms with Crippen LogP contribution in [0.3, 0.4) is 0 Å². The first-order chi connectivity index (χ1) is 12.5. The predicted octanol–water partition coefficient (Wildman–Crippen LogP) is 2.93. The van der Waals surface area contributed by atoms with Gasteiger partial charge in [-0.2, -0.15) is 5.26 Å². The maximum absolute atomic E-state index is 12.8. The van der Waals surface area contributed by atoms with Crippen LogP contribution in [0, 0.1) is 31.1 Å². The Hall–Kier alpha value is -2.49. The highest BCUT2D eigenvalue weighted by Gasteiger charge is 2.41. The van der Waals surface area contributed by atoms with Crippen molar-refractivity contribution in [3.05, 3.63) is 67.6 Å². The zero-order valence-electron chi connectivity index (χ0n) is 14.7. The van der Waals surface area contributed by atoms with Crippen molar-refractivity contribution in [3.63, 3.8) is 0 Å². The van der Waals surface area contributed by atoms with Crippen molar-refractivity contribution in [2.45, 2.75) is 32.6 Å². The van der Waals surface area contributed by atoms with Gasteiger partial charge in [0.25, 0.3) is 5.56 Å². The van der Waals surface area contributed by atoms with Crippen LogP contribution < -0.4 is 5.56 Å². The maximum atomic E-state index is 12.8. The van der Waals surface area contributed by atoms with Gasteiger partial charge in [0.2, 0.25) is 0 Å². The summed E-state index contributed by atoms with van der Waals surface area (Å²) in [5, 5.41) is 18.5. The number of aromatic nitrogens is 2. The quantitative estimate of drug-likeness (QED) is 0.771. The van der Waals surface area contributed by atoms with Crippen LogP contribution in [0.25, 0.3) is 4.96 Å². The van der Waals surface area contributed by atoms with E-state index in [1.54, 1.807) is 16.5 Å². The van der Waals surface area contributed by atoms with E-state index >= 15 is 0 Å². The fourth-order valence-electron chi connectivity index (χ4n) is 3.57. The minimum absolute atomic E-state index is 0.0676. The molecule has 3 aromatic rings. The van der Waals surface area contributed by atoms with E-state index in [0.29, 0.717) is 16.9 Å². The average Bonchev–Trinajstić information content (AvgIpc) is 3.31. The van der Waals surface area contributed by atoms with Crippen LogP contribution in [0.2, 0.25) is 0 Å². The molecule has 1 N–H and O–H groups in total. The van der Waals surface area contributed by atoms with E-state index in [1.165, 1.54) is 11.3 Å². The lowest BCUT2D eigenvalue weighted by molar-refractivity contribution is 0.273. The molecule has 0 saturated heterocycles. The number of benzene rings is 1. The third kappa shape index (κ3) is 2.83. The lowest BCUT2D eigenvalue weighted by atomic mass is 10.0. The molecule has 0 amide bonds. The Morgan fingerprint density at radius 3 is 2.88 bits per heavy atom. The molecule has 1 fully saturated rings. The molecule has 132 valence electrons. The van der Waals surface area contributed by atoms with Crippen LogP contribution in [0.5, 0.6) is 0 Å². The van der Waals surface area contributed by atoms with Crippen molar-refractivity contribution in [1.29, 1.82) is 5.26 Å². The van der Waals surface area contributed by atoms with Crippen LogP contribution in [0.4, 0.5) is 0 Å².